The van der Waals surface area contributed by atoms with E-state index in [1.54, 1.807) is 30.7 Å². The Kier molecular flexibility index (Phi) is 6.71. The molecule has 0 unspecified atom stereocenters. The summed E-state index contributed by atoms with van der Waals surface area (Å²) in [6, 6.07) is 13.1. The molecule has 0 radical (unpaired) electrons. The second-order valence-corrected chi connectivity index (χ2v) is 10.1. The van der Waals surface area contributed by atoms with Gasteiger partial charge < -0.3 is 19.1 Å². The number of pyridine rings is 1. The van der Waals surface area contributed by atoms with E-state index >= 15 is 0 Å². The van der Waals surface area contributed by atoms with Gasteiger partial charge in [-0.05, 0) is 74.0 Å². The molecule has 0 saturated carbocycles. The number of carbonyl (C=O) groups excluding carboxylic acids is 2. The largest absolute Gasteiger partial charge is 0.493 e. The maximum atomic E-state index is 13.0. The highest BCUT2D eigenvalue weighted by molar-refractivity contribution is 14.1. The topological polar surface area (TPSA) is 71.9 Å². The van der Waals surface area contributed by atoms with Gasteiger partial charge in [-0.3, -0.25) is 14.4 Å². The van der Waals surface area contributed by atoms with Crippen LogP contribution in [-0.4, -0.2) is 36.6 Å². The Morgan fingerprint density at radius 1 is 1.00 bits per heavy atom. The van der Waals surface area contributed by atoms with Gasteiger partial charge in [0.1, 0.15) is 11.2 Å². The molecular weight excluding hydrogens is 545 g/mol. The smallest absolute Gasteiger partial charge is 0.242 e. The van der Waals surface area contributed by atoms with Crippen LogP contribution in [0.25, 0.3) is 10.9 Å². The molecule has 34 heavy (non-hydrogen) atoms. The number of carbonyl (C=O) groups is 2. The molecule has 0 fully saturated rings. The van der Waals surface area contributed by atoms with E-state index in [4.69, 9.17) is 4.74 Å². The van der Waals surface area contributed by atoms with Crippen molar-refractivity contribution in [2.75, 3.05) is 30.0 Å². The second-order valence-electron chi connectivity index (χ2n) is 8.91. The highest BCUT2D eigenvalue weighted by Gasteiger charge is 2.45. The number of anilines is 2. The fourth-order valence-corrected chi connectivity index (χ4v) is 5.02. The number of nitrogens with zero attached hydrogens (tertiary/aromatic N) is 3. The minimum absolute atomic E-state index is 0.0510. The predicted octanol–water partition coefficient (Wildman–Crippen LogP) is 4.43. The van der Waals surface area contributed by atoms with Crippen molar-refractivity contribution in [2.24, 2.45) is 5.41 Å². The molecule has 3 aromatic rings. The van der Waals surface area contributed by atoms with E-state index in [-0.39, 0.29) is 17.2 Å². The number of ether oxygens (including phenoxy) is 1. The Morgan fingerprint density at radius 3 is 2.47 bits per heavy atom. The first-order chi connectivity index (χ1) is 16.2. The summed E-state index contributed by atoms with van der Waals surface area (Å²) in [5.74, 6) is 0.190. The van der Waals surface area contributed by atoms with E-state index in [9.17, 15) is 14.4 Å². The Labute approximate surface area is 212 Å². The lowest BCUT2D eigenvalue weighted by molar-refractivity contribution is -0.137. The van der Waals surface area contributed by atoms with Gasteiger partial charge in [-0.15, -0.1) is 0 Å². The van der Waals surface area contributed by atoms with Crippen molar-refractivity contribution in [3.63, 3.8) is 0 Å². The SMILES string of the molecule is CCN1C(=O)C(C)(C)C(=O)N(C)c2cc(OCCCn3cc(I)c(=O)c4ccccc43)ccc21. The molecule has 2 aromatic carbocycles. The minimum Gasteiger partial charge on any atom is -0.493 e. The van der Waals surface area contributed by atoms with Gasteiger partial charge in [0.15, 0.2) is 0 Å². The number of benzene rings is 2. The van der Waals surface area contributed by atoms with Gasteiger partial charge >= 0.3 is 0 Å². The van der Waals surface area contributed by atoms with E-state index in [1.807, 2.05) is 55.6 Å². The summed E-state index contributed by atoms with van der Waals surface area (Å²) in [5.41, 5.74) is 1.18. The number of fused-ring (bicyclic) bond motifs is 2. The van der Waals surface area contributed by atoms with Crippen molar-refractivity contribution in [2.45, 2.75) is 33.7 Å². The third kappa shape index (κ3) is 4.19. The molecule has 2 heterocycles. The number of halogens is 1. The molecule has 0 bridgehead atoms. The lowest BCUT2D eigenvalue weighted by Gasteiger charge is -2.27. The number of rotatable bonds is 6. The summed E-state index contributed by atoms with van der Waals surface area (Å²) in [5, 5.41) is 0.715. The van der Waals surface area contributed by atoms with Gasteiger partial charge in [-0.1, -0.05) is 12.1 Å². The highest BCUT2D eigenvalue weighted by Crippen LogP contribution is 2.40. The zero-order chi connectivity index (χ0) is 24.6. The number of hydrogen-bond acceptors (Lipinski definition) is 4. The van der Waals surface area contributed by atoms with Crippen LogP contribution in [0.4, 0.5) is 11.4 Å². The number of amides is 2. The van der Waals surface area contributed by atoms with Gasteiger partial charge in [-0.2, -0.15) is 0 Å². The average molecular weight is 573 g/mol. The van der Waals surface area contributed by atoms with Crippen LogP contribution in [0.1, 0.15) is 27.2 Å². The van der Waals surface area contributed by atoms with E-state index in [1.165, 1.54) is 0 Å². The zero-order valence-electron chi connectivity index (χ0n) is 19.8. The third-order valence-corrected chi connectivity index (χ3v) is 7.06. The third-order valence-electron chi connectivity index (χ3n) is 6.29. The summed E-state index contributed by atoms with van der Waals surface area (Å²) in [4.78, 5) is 41.6. The van der Waals surface area contributed by atoms with Crippen molar-refractivity contribution in [3.8, 4) is 5.75 Å². The first-order valence-electron chi connectivity index (χ1n) is 11.3. The van der Waals surface area contributed by atoms with Crippen LogP contribution < -0.4 is 20.0 Å². The van der Waals surface area contributed by atoms with Crippen molar-refractivity contribution < 1.29 is 14.3 Å². The number of hydrogen-bond donors (Lipinski definition) is 0. The van der Waals surface area contributed by atoms with Crippen molar-refractivity contribution in [1.29, 1.82) is 0 Å². The fraction of sp³-hybridized carbons (Fsp3) is 0.346. The van der Waals surface area contributed by atoms with E-state index in [0.717, 1.165) is 11.9 Å². The van der Waals surface area contributed by atoms with Crippen LogP contribution in [-0.2, 0) is 16.1 Å². The summed E-state index contributed by atoms with van der Waals surface area (Å²) in [6.45, 7) is 6.88. The lowest BCUT2D eigenvalue weighted by atomic mass is 9.90. The lowest BCUT2D eigenvalue weighted by Crippen LogP contribution is -2.47. The number of para-hydroxylation sites is 1. The molecule has 0 saturated heterocycles. The fourth-order valence-electron chi connectivity index (χ4n) is 4.39. The summed E-state index contributed by atoms with van der Waals surface area (Å²) in [7, 11) is 1.70. The Balaban J connectivity index is 1.51. The maximum absolute atomic E-state index is 13.0. The van der Waals surface area contributed by atoms with Crippen LogP contribution >= 0.6 is 22.6 Å². The number of aryl methyl sites for hydroxylation is 1. The molecule has 1 aliphatic rings. The van der Waals surface area contributed by atoms with Crippen LogP contribution in [0, 0.1) is 8.99 Å². The highest BCUT2D eigenvalue weighted by atomic mass is 127. The van der Waals surface area contributed by atoms with Crippen molar-refractivity contribution in [3.05, 3.63) is 62.5 Å². The molecule has 1 aliphatic heterocycles. The monoisotopic (exact) mass is 573 g/mol. The van der Waals surface area contributed by atoms with Gasteiger partial charge in [0.25, 0.3) is 0 Å². The Morgan fingerprint density at radius 2 is 1.74 bits per heavy atom. The molecule has 178 valence electrons. The predicted molar refractivity (Wildman–Crippen MR) is 143 cm³/mol. The first kappa shape index (κ1) is 24.3. The summed E-state index contributed by atoms with van der Waals surface area (Å²) < 4.78 is 8.78. The molecule has 2 amide bonds. The Hall–Kier alpha value is -2.88. The molecule has 7 nitrogen and oxygen atoms in total. The average Bonchev–Trinajstić information content (AvgIpc) is 2.88. The normalized spacial score (nSPS) is 15.4. The first-order valence-corrected chi connectivity index (χ1v) is 12.4. The van der Waals surface area contributed by atoms with E-state index in [2.05, 4.69) is 27.2 Å². The molecule has 1 aromatic heterocycles. The van der Waals surface area contributed by atoms with Gasteiger partial charge in [0, 0.05) is 37.8 Å². The molecule has 4 rings (SSSR count). The van der Waals surface area contributed by atoms with Crippen LogP contribution in [0.15, 0.2) is 53.5 Å². The van der Waals surface area contributed by atoms with Gasteiger partial charge in [-0.25, -0.2) is 0 Å². The number of aromatic nitrogens is 1. The molecular formula is C26H28IN3O4. The van der Waals surface area contributed by atoms with E-state index < -0.39 is 5.41 Å². The molecule has 0 spiro atoms. The maximum Gasteiger partial charge on any atom is 0.242 e. The van der Waals surface area contributed by atoms with E-state index in [0.29, 0.717) is 45.8 Å². The summed E-state index contributed by atoms with van der Waals surface area (Å²) >= 11 is 2.08. The van der Waals surface area contributed by atoms with Crippen molar-refractivity contribution >= 4 is 56.7 Å². The standard InChI is InChI=1S/C26H28IN3O4/c1-5-30-21-12-11-17(15-22(21)28(4)24(32)26(2,3)25(30)33)34-14-8-13-29-16-19(27)23(31)18-9-6-7-10-20(18)29/h6-7,9-12,15-16H,5,8,13-14H2,1-4H3. The molecule has 0 atom stereocenters. The molecule has 0 N–H and O–H groups in total. The van der Waals surface area contributed by atoms with Crippen LogP contribution in [0.5, 0.6) is 5.75 Å². The van der Waals surface area contributed by atoms with Crippen LogP contribution in [0.3, 0.4) is 0 Å². The minimum atomic E-state index is -1.14. The molecule has 8 heteroatoms. The second kappa shape index (κ2) is 9.40. The van der Waals surface area contributed by atoms with Gasteiger partial charge in [0.05, 0.1) is 27.1 Å². The zero-order valence-corrected chi connectivity index (χ0v) is 22.0. The van der Waals surface area contributed by atoms with Crippen LogP contribution in [0.2, 0.25) is 0 Å². The van der Waals surface area contributed by atoms with Crippen molar-refractivity contribution in [1.82, 2.24) is 4.57 Å². The summed E-state index contributed by atoms with van der Waals surface area (Å²) in [6.07, 6.45) is 2.62. The quantitative estimate of drug-likeness (QED) is 0.249. The Bertz CT molecular complexity index is 1330. The van der Waals surface area contributed by atoms with Gasteiger partial charge in [0.2, 0.25) is 17.2 Å². The molecule has 0 aliphatic carbocycles.